The molecule has 1 heterocycles. The number of piperidine rings is 1. The summed E-state index contributed by atoms with van der Waals surface area (Å²) in [6.45, 7) is 1.99. The van der Waals surface area contributed by atoms with Gasteiger partial charge in [0.25, 0.3) is 5.92 Å². The van der Waals surface area contributed by atoms with Crippen LogP contribution >= 0.6 is 0 Å². The van der Waals surface area contributed by atoms with Crippen LogP contribution in [0.4, 0.5) is 13.6 Å². The van der Waals surface area contributed by atoms with Crippen molar-refractivity contribution < 1.29 is 33.0 Å². The van der Waals surface area contributed by atoms with E-state index in [-0.39, 0.29) is 19.1 Å². The minimum atomic E-state index is -3.40. The molecular weight excluding hydrogens is 446 g/mol. The number of fused-ring (bicyclic) bond motifs is 3. The number of hydrogen-bond donors (Lipinski definition) is 2. The van der Waals surface area contributed by atoms with Gasteiger partial charge < -0.3 is 20.1 Å². The SMILES string of the molecule is CC(C)(NC(=O)OCC1c2ccccc2-c2ccccc21)C(=O)N1CCC(F)(F)C(C(=O)O)C1. The van der Waals surface area contributed by atoms with E-state index in [0.29, 0.717) is 0 Å². The molecule has 2 amide bonds. The molecule has 0 spiro atoms. The molecule has 2 aliphatic rings. The predicted octanol–water partition coefficient (Wildman–Crippen LogP) is 3.87. The van der Waals surface area contributed by atoms with E-state index in [2.05, 4.69) is 5.32 Å². The molecule has 0 radical (unpaired) electrons. The third kappa shape index (κ3) is 4.34. The number of nitrogens with zero attached hydrogens (tertiary/aromatic N) is 1. The van der Waals surface area contributed by atoms with Gasteiger partial charge in [-0.15, -0.1) is 0 Å². The van der Waals surface area contributed by atoms with Gasteiger partial charge >= 0.3 is 12.1 Å². The molecular formula is C25H26F2N2O5. The number of benzene rings is 2. The van der Waals surface area contributed by atoms with Gasteiger partial charge in [-0.2, -0.15) is 0 Å². The highest BCUT2D eigenvalue weighted by Crippen LogP contribution is 2.44. The summed E-state index contributed by atoms with van der Waals surface area (Å²) in [5, 5.41) is 11.6. The van der Waals surface area contributed by atoms with Gasteiger partial charge in [0.2, 0.25) is 5.91 Å². The van der Waals surface area contributed by atoms with Crippen LogP contribution in [0.3, 0.4) is 0 Å². The van der Waals surface area contributed by atoms with Gasteiger partial charge in [0.1, 0.15) is 18.1 Å². The molecule has 9 heteroatoms. The summed E-state index contributed by atoms with van der Waals surface area (Å²) in [5.74, 6) is -7.85. The number of hydrogen-bond acceptors (Lipinski definition) is 4. The lowest BCUT2D eigenvalue weighted by molar-refractivity contribution is -0.170. The zero-order chi connectivity index (χ0) is 24.7. The third-order valence-electron chi connectivity index (χ3n) is 6.51. The average Bonchev–Trinajstić information content (AvgIpc) is 3.10. The quantitative estimate of drug-likeness (QED) is 0.689. The molecule has 2 N–H and O–H groups in total. The molecule has 34 heavy (non-hydrogen) atoms. The van der Waals surface area contributed by atoms with Crippen LogP contribution in [-0.2, 0) is 14.3 Å². The van der Waals surface area contributed by atoms with Crippen LogP contribution in [0, 0.1) is 5.92 Å². The number of alkyl carbamates (subject to hydrolysis) is 1. The molecule has 1 aliphatic heterocycles. The molecule has 0 bridgehead atoms. The van der Waals surface area contributed by atoms with Crippen LogP contribution in [-0.4, -0.2) is 59.1 Å². The fourth-order valence-corrected chi connectivity index (χ4v) is 4.69. The topological polar surface area (TPSA) is 95.9 Å². The molecule has 4 rings (SSSR count). The Morgan fingerprint density at radius 1 is 1.09 bits per heavy atom. The van der Waals surface area contributed by atoms with Crippen LogP contribution in [0.5, 0.6) is 0 Å². The highest BCUT2D eigenvalue weighted by molar-refractivity contribution is 5.90. The van der Waals surface area contributed by atoms with Gasteiger partial charge in [-0.25, -0.2) is 13.6 Å². The molecule has 1 unspecified atom stereocenters. The molecule has 7 nitrogen and oxygen atoms in total. The number of halogens is 2. The van der Waals surface area contributed by atoms with Gasteiger partial charge in [-0.05, 0) is 36.1 Å². The second-order valence-electron chi connectivity index (χ2n) is 9.23. The van der Waals surface area contributed by atoms with Crippen LogP contribution in [0.1, 0.15) is 37.3 Å². The maximum absolute atomic E-state index is 13.9. The van der Waals surface area contributed by atoms with E-state index in [1.165, 1.54) is 13.8 Å². The van der Waals surface area contributed by atoms with Crippen molar-refractivity contribution >= 4 is 18.0 Å². The second kappa shape index (κ2) is 8.70. The maximum Gasteiger partial charge on any atom is 0.408 e. The third-order valence-corrected chi connectivity index (χ3v) is 6.51. The number of likely N-dealkylation sites (tertiary alicyclic amines) is 1. The van der Waals surface area contributed by atoms with Crippen LogP contribution in [0.15, 0.2) is 48.5 Å². The number of carbonyl (C=O) groups excluding carboxylic acids is 2. The summed E-state index contributed by atoms with van der Waals surface area (Å²) < 4.78 is 33.3. The average molecular weight is 472 g/mol. The number of carbonyl (C=O) groups is 3. The number of ether oxygens (including phenoxy) is 1. The summed E-state index contributed by atoms with van der Waals surface area (Å²) >= 11 is 0. The minimum absolute atomic E-state index is 0.0567. The number of nitrogens with one attached hydrogen (secondary N) is 1. The Kier molecular flexibility index (Phi) is 6.05. The molecule has 0 aromatic heterocycles. The van der Waals surface area contributed by atoms with E-state index >= 15 is 0 Å². The van der Waals surface area contributed by atoms with Crippen molar-refractivity contribution in [3.05, 3.63) is 59.7 Å². The van der Waals surface area contributed by atoms with E-state index in [1.54, 1.807) is 0 Å². The first kappa shape index (κ1) is 23.7. The fourth-order valence-electron chi connectivity index (χ4n) is 4.69. The second-order valence-corrected chi connectivity index (χ2v) is 9.23. The van der Waals surface area contributed by atoms with Crippen LogP contribution < -0.4 is 5.32 Å². The van der Waals surface area contributed by atoms with Crippen molar-refractivity contribution in [3.8, 4) is 11.1 Å². The molecule has 180 valence electrons. The number of carboxylic acid groups (broad SMARTS) is 1. The highest BCUT2D eigenvalue weighted by Gasteiger charge is 2.50. The smallest absolute Gasteiger partial charge is 0.408 e. The van der Waals surface area contributed by atoms with Crippen molar-refractivity contribution in [2.24, 2.45) is 5.92 Å². The van der Waals surface area contributed by atoms with Gasteiger partial charge in [0.05, 0.1) is 0 Å². The Balaban J connectivity index is 1.40. The maximum atomic E-state index is 13.9. The van der Waals surface area contributed by atoms with Crippen molar-refractivity contribution in [2.75, 3.05) is 19.7 Å². The first-order valence-electron chi connectivity index (χ1n) is 11.0. The van der Waals surface area contributed by atoms with Gasteiger partial charge in [-0.1, -0.05) is 48.5 Å². The van der Waals surface area contributed by atoms with E-state index in [9.17, 15) is 23.2 Å². The molecule has 1 atom stereocenters. The Hall–Kier alpha value is -3.49. The van der Waals surface area contributed by atoms with E-state index < -0.39 is 48.3 Å². The van der Waals surface area contributed by atoms with Crippen molar-refractivity contribution in [1.29, 1.82) is 0 Å². The number of rotatable bonds is 5. The summed E-state index contributed by atoms with van der Waals surface area (Å²) in [5.41, 5.74) is 2.77. The normalized spacial score (nSPS) is 19.2. The number of amides is 2. The van der Waals surface area contributed by atoms with Crippen LogP contribution in [0.25, 0.3) is 11.1 Å². The molecule has 1 aliphatic carbocycles. The highest BCUT2D eigenvalue weighted by atomic mass is 19.3. The predicted molar refractivity (Wildman–Crippen MR) is 120 cm³/mol. The van der Waals surface area contributed by atoms with Gasteiger partial charge in [0.15, 0.2) is 0 Å². The summed E-state index contributed by atoms with van der Waals surface area (Å²) in [6, 6.07) is 15.7. The Labute approximate surface area is 195 Å². The van der Waals surface area contributed by atoms with Gasteiger partial charge in [0, 0.05) is 25.4 Å². The summed E-state index contributed by atoms with van der Waals surface area (Å²) in [6.07, 6.45) is -1.58. The zero-order valence-electron chi connectivity index (χ0n) is 18.9. The van der Waals surface area contributed by atoms with Crippen molar-refractivity contribution in [3.63, 3.8) is 0 Å². The Morgan fingerprint density at radius 2 is 1.65 bits per heavy atom. The lowest BCUT2D eigenvalue weighted by Crippen LogP contribution is -2.60. The molecule has 1 saturated heterocycles. The first-order chi connectivity index (χ1) is 16.0. The molecule has 0 saturated carbocycles. The molecule has 1 fully saturated rings. The van der Waals surface area contributed by atoms with E-state index in [4.69, 9.17) is 9.84 Å². The lowest BCUT2D eigenvalue weighted by Gasteiger charge is -2.39. The first-order valence-corrected chi connectivity index (χ1v) is 11.0. The van der Waals surface area contributed by atoms with E-state index in [1.807, 2.05) is 48.5 Å². The Bertz CT molecular complexity index is 1090. The number of aliphatic carboxylic acids is 1. The number of carboxylic acids is 1. The standard InChI is InChI=1S/C25H26F2N2O5/c1-24(2,22(32)29-12-11-25(26,27)20(13-29)21(30)31)28-23(33)34-14-19-17-9-5-3-7-15(17)16-8-4-6-10-18(16)19/h3-10,19-20H,11-14H2,1-2H3,(H,28,33)(H,30,31). The van der Waals surface area contributed by atoms with E-state index in [0.717, 1.165) is 27.2 Å². The summed E-state index contributed by atoms with van der Waals surface area (Å²) in [4.78, 5) is 37.8. The van der Waals surface area contributed by atoms with Gasteiger partial charge in [-0.3, -0.25) is 9.59 Å². The summed E-state index contributed by atoms with van der Waals surface area (Å²) in [7, 11) is 0. The Morgan fingerprint density at radius 3 is 2.21 bits per heavy atom. The molecule has 2 aromatic rings. The lowest BCUT2D eigenvalue weighted by atomic mass is 9.91. The largest absolute Gasteiger partial charge is 0.481 e. The van der Waals surface area contributed by atoms with Crippen molar-refractivity contribution in [2.45, 2.75) is 37.6 Å². The monoisotopic (exact) mass is 472 g/mol. The van der Waals surface area contributed by atoms with Crippen molar-refractivity contribution in [1.82, 2.24) is 10.2 Å². The zero-order valence-corrected chi connectivity index (χ0v) is 18.9. The minimum Gasteiger partial charge on any atom is -0.481 e. The number of alkyl halides is 2. The van der Waals surface area contributed by atoms with Crippen LogP contribution in [0.2, 0.25) is 0 Å². The fraction of sp³-hybridized carbons (Fsp3) is 0.400. The molecule has 2 aromatic carbocycles.